The molecule has 0 fully saturated rings. The second-order valence-electron chi connectivity index (χ2n) is 17.2. The van der Waals surface area contributed by atoms with E-state index in [2.05, 4.69) is 203 Å². The van der Waals surface area contributed by atoms with E-state index in [1.807, 2.05) is 11.3 Å². The Hall–Kier alpha value is -7.86. The Balaban J connectivity index is 1.04. The minimum Gasteiger partial charge on any atom is -0.308 e. The van der Waals surface area contributed by atoms with Gasteiger partial charge in [-0.2, -0.15) is 0 Å². The SMILES string of the molecule is C1=CC2=c3ccccc3=C3N=C(n4c5ccc6sc7ccc8c9ccccc9n9c%10cccc4c%10c5c6c7c89)C(c4cccc(-c5ccc(-c6ccccc6)cc5)c4)=NC3C2C=C1. The topological polar surface area (TPSA) is 34.1 Å². The maximum Gasteiger partial charge on any atom is 0.164 e. The molecule has 0 spiro atoms. The number of thiophene rings is 1. The van der Waals surface area contributed by atoms with E-state index >= 15 is 0 Å². The Bertz CT molecular complexity index is 4190. The van der Waals surface area contributed by atoms with Crippen molar-refractivity contribution in [3.8, 4) is 22.3 Å². The van der Waals surface area contributed by atoms with E-state index in [0.717, 1.165) is 50.2 Å². The standard InChI is InChI=1S/C58H34N4S/c1-2-12-33(13-3-1)34-24-26-35(27-25-34)36-14-10-15-37(32-36)54-58(60-56-42-20-7-5-17-39(42)38-16-4-6-19-41(38)55(56)59-54)62-46-23-11-22-45-50(46)51-47(62)29-31-48-52(51)53-49(63-48)30-28-43-40-18-8-9-21-44(40)61(45)57(43)53/h1-32,41,55H. The van der Waals surface area contributed by atoms with Crippen LogP contribution >= 0.6 is 11.3 Å². The number of allylic oxidation sites excluding steroid dienone is 3. The van der Waals surface area contributed by atoms with Crippen LogP contribution in [0.5, 0.6) is 0 Å². The van der Waals surface area contributed by atoms with E-state index in [-0.39, 0.29) is 12.0 Å². The molecule has 3 aliphatic rings. The minimum atomic E-state index is -0.180. The minimum absolute atomic E-state index is 0.0731. The summed E-state index contributed by atoms with van der Waals surface area (Å²) in [6.45, 7) is 0. The zero-order chi connectivity index (χ0) is 40.9. The number of para-hydroxylation sites is 1. The molecule has 0 N–H and O–H groups in total. The zero-order valence-corrected chi connectivity index (χ0v) is 34.6. The molecular formula is C58H34N4S. The first kappa shape index (κ1) is 33.8. The summed E-state index contributed by atoms with van der Waals surface area (Å²) in [5.41, 5.74) is 15.0. The molecule has 4 nitrogen and oxygen atoms in total. The molecule has 292 valence electrons. The third-order valence-corrected chi connectivity index (χ3v) is 15.1. The second-order valence-corrected chi connectivity index (χ2v) is 18.3. The molecule has 8 aromatic carbocycles. The van der Waals surface area contributed by atoms with E-state index < -0.39 is 0 Å². The van der Waals surface area contributed by atoms with Crippen LogP contribution in [-0.2, 0) is 0 Å². The van der Waals surface area contributed by atoms with Crippen LogP contribution in [0.25, 0.3) is 103 Å². The van der Waals surface area contributed by atoms with Gasteiger partial charge < -0.3 is 4.40 Å². The fourth-order valence-electron chi connectivity index (χ4n) is 11.3. The number of nitrogens with zero attached hydrogens (tertiary/aromatic N) is 4. The first-order chi connectivity index (χ1) is 31.3. The summed E-state index contributed by atoms with van der Waals surface area (Å²) in [6.07, 6.45) is 8.92. The van der Waals surface area contributed by atoms with E-state index in [9.17, 15) is 0 Å². The molecule has 0 saturated carbocycles. The summed E-state index contributed by atoms with van der Waals surface area (Å²) in [5.74, 6) is 0.926. The largest absolute Gasteiger partial charge is 0.308 e. The van der Waals surface area contributed by atoms with E-state index in [1.165, 1.54) is 80.2 Å². The number of benzene rings is 8. The van der Waals surface area contributed by atoms with Gasteiger partial charge >= 0.3 is 0 Å². The van der Waals surface area contributed by atoms with Crippen LogP contribution in [0.4, 0.5) is 0 Å². The van der Waals surface area contributed by atoms with Crippen LogP contribution in [0.1, 0.15) is 5.56 Å². The quantitative estimate of drug-likeness (QED) is 0.170. The average molecular weight is 819 g/mol. The van der Waals surface area contributed by atoms with Gasteiger partial charge in [0, 0.05) is 58.4 Å². The first-order valence-corrected chi connectivity index (χ1v) is 22.6. The van der Waals surface area contributed by atoms with Gasteiger partial charge in [0.25, 0.3) is 0 Å². The van der Waals surface area contributed by atoms with Gasteiger partial charge in [-0.1, -0.05) is 152 Å². The van der Waals surface area contributed by atoms with Crippen LogP contribution < -0.4 is 10.4 Å². The van der Waals surface area contributed by atoms with Crippen molar-refractivity contribution in [2.24, 2.45) is 15.9 Å². The Kier molecular flexibility index (Phi) is 6.64. The predicted molar refractivity (Wildman–Crippen MR) is 265 cm³/mol. The molecule has 15 rings (SSSR count). The third-order valence-electron chi connectivity index (χ3n) is 14.0. The molecule has 5 heteroatoms. The normalized spacial score (nSPS) is 17.2. The Labute approximate surface area is 365 Å². The van der Waals surface area contributed by atoms with Crippen molar-refractivity contribution in [3.05, 3.63) is 210 Å². The van der Waals surface area contributed by atoms with Crippen molar-refractivity contribution in [2.75, 3.05) is 0 Å². The molecule has 2 atom stereocenters. The number of aliphatic imine (C=N–C) groups is 2. The third kappa shape index (κ3) is 4.49. The lowest BCUT2D eigenvalue weighted by atomic mass is 9.80. The van der Waals surface area contributed by atoms with Gasteiger partial charge in [0.1, 0.15) is 11.8 Å². The number of aromatic nitrogens is 2. The number of rotatable bonds is 3. The van der Waals surface area contributed by atoms with Gasteiger partial charge in [-0.15, -0.1) is 11.3 Å². The first-order valence-electron chi connectivity index (χ1n) is 21.7. The van der Waals surface area contributed by atoms with E-state index in [1.54, 1.807) is 0 Å². The number of hydrogen-bond acceptors (Lipinski definition) is 3. The molecule has 2 unspecified atom stereocenters. The molecule has 0 bridgehead atoms. The average Bonchev–Trinajstić information content (AvgIpc) is 3.98. The van der Waals surface area contributed by atoms with Gasteiger partial charge in [0.2, 0.25) is 0 Å². The van der Waals surface area contributed by atoms with Gasteiger partial charge in [0.05, 0.1) is 33.3 Å². The Morgan fingerprint density at radius 1 is 0.476 bits per heavy atom. The summed E-state index contributed by atoms with van der Waals surface area (Å²) >= 11 is 1.90. The van der Waals surface area contributed by atoms with Crippen molar-refractivity contribution in [3.63, 3.8) is 0 Å². The molecule has 4 aromatic heterocycles. The number of hydrogen-bond donors (Lipinski definition) is 0. The molecule has 2 aliphatic carbocycles. The highest BCUT2D eigenvalue weighted by Crippen LogP contribution is 2.50. The second kappa shape index (κ2) is 12.4. The predicted octanol–water partition coefficient (Wildman–Crippen LogP) is 12.8. The van der Waals surface area contributed by atoms with Crippen LogP contribution in [0.2, 0.25) is 0 Å². The molecular weight excluding hydrogens is 785 g/mol. The van der Waals surface area contributed by atoms with Crippen LogP contribution in [0.3, 0.4) is 0 Å². The maximum absolute atomic E-state index is 5.93. The monoisotopic (exact) mass is 818 g/mol. The highest BCUT2D eigenvalue weighted by Gasteiger charge is 2.37. The molecule has 0 amide bonds. The van der Waals surface area contributed by atoms with Crippen LogP contribution in [0.15, 0.2) is 204 Å². The van der Waals surface area contributed by atoms with Gasteiger partial charge in [-0.05, 0) is 75.5 Å². The van der Waals surface area contributed by atoms with Crippen molar-refractivity contribution in [2.45, 2.75) is 6.04 Å². The lowest BCUT2D eigenvalue weighted by Crippen LogP contribution is -2.44. The van der Waals surface area contributed by atoms with E-state index in [0.29, 0.717) is 0 Å². The van der Waals surface area contributed by atoms with Crippen molar-refractivity contribution in [1.82, 2.24) is 8.97 Å². The summed E-state index contributed by atoms with van der Waals surface area (Å²) in [5, 5.41) is 10.2. The van der Waals surface area contributed by atoms with Crippen molar-refractivity contribution >= 4 is 103 Å². The molecule has 0 saturated heterocycles. The van der Waals surface area contributed by atoms with Crippen LogP contribution in [0, 0.1) is 5.92 Å². The number of fused-ring (bicyclic) bond motifs is 8. The Morgan fingerprint density at radius 3 is 2.06 bits per heavy atom. The molecule has 12 aromatic rings. The summed E-state index contributed by atoms with van der Waals surface area (Å²) in [7, 11) is 0. The van der Waals surface area contributed by atoms with E-state index in [4.69, 9.17) is 9.98 Å². The highest BCUT2D eigenvalue weighted by molar-refractivity contribution is 7.26. The van der Waals surface area contributed by atoms with Gasteiger partial charge in [-0.25, -0.2) is 4.99 Å². The molecule has 63 heavy (non-hydrogen) atoms. The van der Waals surface area contributed by atoms with Crippen molar-refractivity contribution < 1.29 is 0 Å². The Morgan fingerprint density at radius 2 is 1.16 bits per heavy atom. The summed E-state index contributed by atoms with van der Waals surface area (Å²) < 4.78 is 7.60. The van der Waals surface area contributed by atoms with Gasteiger partial charge in [0.15, 0.2) is 5.84 Å². The zero-order valence-electron chi connectivity index (χ0n) is 33.8. The summed E-state index contributed by atoms with van der Waals surface area (Å²) in [4.78, 5) is 11.8. The van der Waals surface area contributed by atoms with Crippen molar-refractivity contribution in [1.29, 1.82) is 0 Å². The highest BCUT2D eigenvalue weighted by atomic mass is 32.1. The van der Waals surface area contributed by atoms with Gasteiger partial charge in [-0.3, -0.25) is 9.56 Å². The smallest absolute Gasteiger partial charge is 0.164 e. The fraction of sp³-hybridized carbons (Fsp3) is 0.0345. The molecule has 0 radical (unpaired) electrons. The maximum atomic E-state index is 5.93. The lowest BCUT2D eigenvalue weighted by Gasteiger charge is -2.33. The lowest BCUT2D eigenvalue weighted by molar-refractivity contribution is 0.699. The molecule has 5 heterocycles. The summed E-state index contributed by atoms with van der Waals surface area (Å²) in [6, 6.07) is 62.1. The van der Waals surface area contributed by atoms with Crippen LogP contribution in [-0.4, -0.2) is 26.6 Å². The fourth-order valence-corrected chi connectivity index (χ4v) is 12.4. The molecule has 1 aliphatic heterocycles.